The van der Waals surface area contributed by atoms with Gasteiger partial charge in [-0.25, -0.2) is 8.42 Å². The summed E-state index contributed by atoms with van der Waals surface area (Å²) in [4.78, 5) is 9.63. The molecule has 0 aliphatic carbocycles. The van der Waals surface area contributed by atoms with Crippen LogP contribution in [0.5, 0.6) is 0 Å². The van der Waals surface area contributed by atoms with E-state index in [1.807, 2.05) is 0 Å². The van der Waals surface area contributed by atoms with Crippen LogP contribution in [0.25, 0.3) is 0 Å². The number of sulfone groups is 1. The quantitative estimate of drug-likeness (QED) is 0.602. The topological polar surface area (TPSA) is 89.3 Å². The maximum atomic E-state index is 11.6. The molecule has 0 aliphatic heterocycles. The van der Waals surface area contributed by atoms with Crippen molar-refractivity contribution in [2.45, 2.75) is 4.90 Å². The lowest BCUT2D eigenvalue weighted by atomic mass is 10.3. The molecule has 0 saturated heterocycles. The van der Waals surface area contributed by atoms with Gasteiger partial charge in [-0.1, -0.05) is 12.1 Å². The van der Waals surface area contributed by atoms with E-state index in [1.165, 1.54) is 31.3 Å². The van der Waals surface area contributed by atoms with Gasteiger partial charge in [-0.2, -0.15) is 0 Å². The molecule has 6 nitrogen and oxygen atoms in total. The van der Waals surface area contributed by atoms with Crippen molar-refractivity contribution in [2.24, 2.45) is 0 Å². The molecule has 82 valence electrons. The van der Waals surface area contributed by atoms with Crippen LogP contribution in [0.1, 0.15) is 0 Å². The van der Waals surface area contributed by atoms with E-state index in [4.69, 9.17) is 0 Å². The summed E-state index contributed by atoms with van der Waals surface area (Å²) < 4.78 is 23.2. The molecule has 0 radical (unpaired) electrons. The second-order valence-electron chi connectivity index (χ2n) is 2.84. The highest BCUT2D eigenvalue weighted by Crippen LogP contribution is 2.23. The molecular weight excluding hydrogens is 220 g/mol. The summed E-state index contributed by atoms with van der Waals surface area (Å²) in [5.74, 6) is -0.322. The van der Waals surface area contributed by atoms with Crippen molar-refractivity contribution in [1.82, 2.24) is 5.32 Å². The standard InChI is InChI=1S/C8H10N2O4S/c1-9-6-15(13,14)8-5-3-2-4-7(8)10(11)12/h2-5,9H,6H2,1H3. The largest absolute Gasteiger partial charge is 0.306 e. The Balaban J connectivity index is 3.31. The Labute approximate surface area is 87.0 Å². The van der Waals surface area contributed by atoms with Gasteiger partial charge in [0.25, 0.3) is 5.69 Å². The van der Waals surface area contributed by atoms with Crippen LogP contribution >= 0.6 is 0 Å². The normalized spacial score (nSPS) is 11.3. The summed E-state index contributed by atoms with van der Waals surface area (Å²) in [5.41, 5.74) is -0.396. The third kappa shape index (κ3) is 2.51. The molecule has 0 bridgehead atoms. The smallest absolute Gasteiger partial charge is 0.288 e. The Kier molecular flexibility index (Phi) is 3.38. The van der Waals surface area contributed by atoms with E-state index in [-0.39, 0.29) is 10.8 Å². The summed E-state index contributed by atoms with van der Waals surface area (Å²) in [7, 11) is -2.17. The molecular formula is C8H10N2O4S. The molecule has 1 rings (SSSR count). The first-order valence-electron chi connectivity index (χ1n) is 4.10. The van der Waals surface area contributed by atoms with Crippen LogP contribution in [-0.4, -0.2) is 26.3 Å². The molecule has 0 unspecified atom stereocenters. The number of hydrogen-bond acceptors (Lipinski definition) is 5. The Bertz CT molecular complexity index is 469. The molecule has 15 heavy (non-hydrogen) atoms. The first-order chi connectivity index (χ1) is 6.99. The first kappa shape index (κ1) is 11.6. The van der Waals surface area contributed by atoms with Crippen LogP contribution in [0, 0.1) is 10.1 Å². The lowest BCUT2D eigenvalue weighted by Crippen LogP contribution is -2.19. The molecule has 0 saturated carbocycles. The van der Waals surface area contributed by atoms with Crippen molar-refractivity contribution in [3.8, 4) is 0 Å². The molecule has 0 aliphatic rings. The second-order valence-corrected chi connectivity index (χ2v) is 4.80. The maximum absolute atomic E-state index is 11.6. The van der Waals surface area contributed by atoms with E-state index in [0.29, 0.717) is 0 Å². The SMILES string of the molecule is CNCS(=O)(=O)c1ccccc1[N+](=O)[O-]. The minimum absolute atomic E-state index is 0.260. The Morgan fingerprint density at radius 3 is 2.53 bits per heavy atom. The number of nitro benzene ring substituents is 1. The number of rotatable bonds is 4. The van der Waals surface area contributed by atoms with Crippen LogP contribution in [0.15, 0.2) is 29.2 Å². The van der Waals surface area contributed by atoms with Crippen LogP contribution in [-0.2, 0) is 9.84 Å². The van der Waals surface area contributed by atoms with Gasteiger partial charge >= 0.3 is 0 Å². The zero-order valence-corrected chi connectivity index (χ0v) is 8.82. The van der Waals surface area contributed by atoms with Crippen molar-refractivity contribution < 1.29 is 13.3 Å². The van der Waals surface area contributed by atoms with E-state index < -0.39 is 20.4 Å². The molecule has 0 atom stereocenters. The lowest BCUT2D eigenvalue weighted by molar-refractivity contribution is -0.387. The third-order valence-electron chi connectivity index (χ3n) is 1.73. The molecule has 0 amide bonds. The molecule has 0 heterocycles. The molecule has 0 spiro atoms. The van der Waals surface area contributed by atoms with Gasteiger partial charge in [0.15, 0.2) is 9.84 Å². The third-order valence-corrected chi connectivity index (χ3v) is 3.42. The van der Waals surface area contributed by atoms with E-state index in [9.17, 15) is 18.5 Å². The number of nitro groups is 1. The molecule has 0 aromatic heterocycles. The van der Waals surface area contributed by atoms with Gasteiger partial charge in [-0.15, -0.1) is 0 Å². The van der Waals surface area contributed by atoms with Crippen LogP contribution in [0.3, 0.4) is 0 Å². The van der Waals surface area contributed by atoms with Crippen molar-refractivity contribution in [3.05, 3.63) is 34.4 Å². The monoisotopic (exact) mass is 230 g/mol. The van der Waals surface area contributed by atoms with Gasteiger partial charge in [-0.3, -0.25) is 10.1 Å². The number of benzene rings is 1. The highest BCUT2D eigenvalue weighted by atomic mass is 32.2. The van der Waals surface area contributed by atoms with Crippen molar-refractivity contribution >= 4 is 15.5 Å². The van der Waals surface area contributed by atoms with Crippen LogP contribution in [0.4, 0.5) is 5.69 Å². The summed E-state index contributed by atoms with van der Waals surface area (Å²) in [6.45, 7) is 0. The average Bonchev–Trinajstić information content (AvgIpc) is 2.17. The van der Waals surface area contributed by atoms with E-state index in [1.54, 1.807) is 0 Å². The molecule has 7 heteroatoms. The van der Waals surface area contributed by atoms with E-state index >= 15 is 0 Å². The van der Waals surface area contributed by atoms with Crippen molar-refractivity contribution in [2.75, 3.05) is 12.9 Å². The fourth-order valence-electron chi connectivity index (χ4n) is 1.14. The molecule has 0 fully saturated rings. The Hall–Kier alpha value is -1.47. The lowest BCUT2D eigenvalue weighted by Gasteiger charge is -2.03. The highest BCUT2D eigenvalue weighted by molar-refractivity contribution is 7.91. The summed E-state index contributed by atoms with van der Waals surface area (Å²) >= 11 is 0. The Morgan fingerprint density at radius 2 is 2.00 bits per heavy atom. The molecule has 1 aromatic rings. The second kappa shape index (κ2) is 4.37. The first-order valence-corrected chi connectivity index (χ1v) is 5.75. The number of nitrogens with zero attached hydrogens (tertiary/aromatic N) is 1. The van der Waals surface area contributed by atoms with Crippen molar-refractivity contribution in [3.63, 3.8) is 0 Å². The fourth-order valence-corrected chi connectivity index (χ4v) is 2.42. The zero-order chi connectivity index (χ0) is 11.5. The predicted molar refractivity (Wildman–Crippen MR) is 54.2 cm³/mol. The number of nitrogens with one attached hydrogen (secondary N) is 1. The van der Waals surface area contributed by atoms with Crippen molar-refractivity contribution in [1.29, 1.82) is 0 Å². The van der Waals surface area contributed by atoms with E-state index in [0.717, 1.165) is 0 Å². The van der Waals surface area contributed by atoms with Gasteiger partial charge < -0.3 is 5.32 Å². The van der Waals surface area contributed by atoms with Gasteiger partial charge in [0.1, 0.15) is 10.8 Å². The molecule has 1 aromatic carbocycles. The summed E-state index contributed by atoms with van der Waals surface area (Å²) in [5, 5.41) is 13.1. The number of hydrogen-bond donors (Lipinski definition) is 1. The van der Waals surface area contributed by atoms with Gasteiger partial charge in [-0.05, 0) is 13.1 Å². The minimum atomic E-state index is -3.64. The number of para-hydroxylation sites is 1. The summed E-state index contributed by atoms with van der Waals surface area (Å²) in [6, 6.07) is 5.28. The molecule has 1 N–H and O–H groups in total. The zero-order valence-electron chi connectivity index (χ0n) is 8.00. The van der Waals surface area contributed by atoms with E-state index in [2.05, 4.69) is 5.32 Å². The average molecular weight is 230 g/mol. The predicted octanol–water partition coefficient (Wildman–Crippen LogP) is 0.545. The minimum Gasteiger partial charge on any atom is -0.306 e. The van der Waals surface area contributed by atoms with Gasteiger partial charge in [0.2, 0.25) is 0 Å². The maximum Gasteiger partial charge on any atom is 0.288 e. The van der Waals surface area contributed by atoms with Crippen LogP contribution < -0.4 is 5.32 Å². The summed E-state index contributed by atoms with van der Waals surface area (Å²) in [6.07, 6.45) is 0. The van der Waals surface area contributed by atoms with Gasteiger partial charge in [0.05, 0.1) is 4.92 Å². The van der Waals surface area contributed by atoms with Gasteiger partial charge in [0, 0.05) is 6.07 Å². The van der Waals surface area contributed by atoms with Crippen LogP contribution in [0.2, 0.25) is 0 Å². The Morgan fingerprint density at radius 1 is 1.40 bits per heavy atom. The fraction of sp³-hybridized carbons (Fsp3) is 0.250. The highest BCUT2D eigenvalue weighted by Gasteiger charge is 2.23.